The van der Waals surface area contributed by atoms with Gasteiger partial charge in [-0.3, -0.25) is 23.2 Å². The number of hydrogen-bond acceptors (Lipinski definition) is 14. The maximum absolute atomic E-state index is 13.0. The van der Waals surface area contributed by atoms with E-state index in [1.54, 1.807) is 12.2 Å². The van der Waals surface area contributed by atoms with Gasteiger partial charge in [0.2, 0.25) is 0 Å². The van der Waals surface area contributed by atoms with Crippen LogP contribution in [-0.4, -0.2) is 114 Å². The molecule has 19 heteroatoms. The second-order valence-corrected chi connectivity index (χ2v) is 20.3. The minimum absolute atomic E-state index is 0.0183. The Balaban J connectivity index is 2.62. The molecule has 1 saturated carbocycles. The number of allylic oxidation sites excluding steroid dienone is 10. The highest BCUT2D eigenvalue weighted by Gasteiger charge is 2.54. The van der Waals surface area contributed by atoms with Gasteiger partial charge >= 0.3 is 27.6 Å². The number of ether oxygens (including phenoxy) is 2. The van der Waals surface area contributed by atoms with Gasteiger partial charge in [-0.2, -0.15) is 0 Å². The first-order chi connectivity index (χ1) is 33.5. The summed E-state index contributed by atoms with van der Waals surface area (Å²) in [5.41, 5.74) is 0. The number of unbranched alkanes of at least 4 members (excludes halogenated alkanes) is 16. The Labute approximate surface area is 417 Å². The summed E-state index contributed by atoms with van der Waals surface area (Å²) in [6.07, 6.45) is 31.7. The van der Waals surface area contributed by atoms with Gasteiger partial charge in [-0.1, -0.05) is 189 Å². The van der Waals surface area contributed by atoms with E-state index in [1.807, 2.05) is 48.6 Å². The van der Waals surface area contributed by atoms with Crippen LogP contribution in [-0.2, 0) is 41.8 Å². The lowest BCUT2D eigenvalue weighted by Crippen LogP contribution is -2.64. The molecular formula is C51H88O17P2. The molecule has 0 aromatic heterocycles. The smallest absolute Gasteiger partial charge is 0.462 e. The SMILES string of the molecule is CC/C=C\C/C=C\CC(O)/C=C/C=C\C/C=C\C/C=C\CCC(=O)OC[C@H](COP(=O)(O)O[C@H]1C(O)C(O)C(O)[C@@H](OP(=O)(O)O)C1O)OC(=O)CCCCCCCCCCCCCCCCCCC. The van der Waals surface area contributed by atoms with E-state index in [9.17, 15) is 58.9 Å². The van der Waals surface area contributed by atoms with E-state index in [0.29, 0.717) is 32.1 Å². The Hall–Kier alpha value is -2.60. The van der Waals surface area contributed by atoms with Crippen LogP contribution < -0.4 is 0 Å². The Morgan fingerprint density at radius 1 is 0.543 bits per heavy atom. The van der Waals surface area contributed by atoms with Gasteiger partial charge in [0.15, 0.2) is 6.10 Å². The topological polar surface area (TPSA) is 276 Å². The predicted octanol–water partition coefficient (Wildman–Crippen LogP) is 9.37. The molecule has 0 spiro atoms. The molecule has 9 atom stereocenters. The van der Waals surface area contributed by atoms with Crippen LogP contribution in [0.5, 0.6) is 0 Å². The molecule has 0 saturated heterocycles. The molecule has 0 amide bonds. The highest BCUT2D eigenvalue weighted by molar-refractivity contribution is 7.47. The lowest BCUT2D eigenvalue weighted by molar-refractivity contribution is -0.216. The van der Waals surface area contributed by atoms with E-state index in [1.165, 1.54) is 77.0 Å². The molecule has 1 rings (SSSR count). The predicted molar refractivity (Wildman–Crippen MR) is 270 cm³/mol. The number of esters is 2. The molecule has 1 fully saturated rings. The lowest BCUT2D eigenvalue weighted by atomic mass is 9.85. The van der Waals surface area contributed by atoms with E-state index in [0.717, 1.165) is 38.5 Å². The van der Waals surface area contributed by atoms with E-state index in [4.69, 9.17) is 18.5 Å². The van der Waals surface area contributed by atoms with Gasteiger partial charge in [-0.15, -0.1) is 0 Å². The maximum atomic E-state index is 13.0. The molecule has 17 nitrogen and oxygen atoms in total. The van der Waals surface area contributed by atoms with E-state index in [-0.39, 0.29) is 12.8 Å². The zero-order valence-electron chi connectivity index (χ0n) is 41.8. The summed E-state index contributed by atoms with van der Waals surface area (Å²) in [4.78, 5) is 54.4. The Morgan fingerprint density at radius 3 is 1.60 bits per heavy atom. The Bertz CT molecular complexity index is 1640. The zero-order chi connectivity index (χ0) is 51.9. The number of phosphoric ester groups is 2. The number of carbonyl (C=O) groups excluding carboxylic acids is 2. The second kappa shape index (κ2) is 40.8. The van der Waals surface area contributed by atoms with Gasteiger partial charge in [0, 0.05) is 12.8 Å². The van der Waals surface area contributed by atoms with Gasteiger partial charge in [-0.25, -0.2) is 9.13 Å². The van der Waals surface area contributed by atoms with Gasteiger partial charge in [0.1, 0.15) is 43.2 Å². The molecule has 0 aromatic carbocycles. The third kappa shape index (κ3) is 34.7. The average molecular weight is 1040 g/mol. The van der Waals surface area contributed by atoms with Crippen LogP contribution in [0.25, 0.3) is 0 Å². The largest absolute Gasteiger partial charge is 0.472 e. The van der Waals surface area contributed by atoms with E-state index < -0.39 is 89.6 Å². The molecule has 0 heterocycles. The third-order valence-corrected chi connectivity index (χ3v) is 12.9. The average Bonchev–Trinajstić information content (AvgIpc) is 3.31. The molecule has 70 heavy (non-hydrogen) atoms. The Morgan fingerprint density at radius 2 is 1.04 bits per heavy atom. The van der Waals surface area contributed by atoms with Crippen molar-refractivity contribution in [3.63, 3.8) is 0 Å². The molecule has 6 unspecified atom stereocenters. The van der Waals surface area contributed by atoms with Crippen LogP contribution in [0.3, 0.4) is 0 Å². The monoisotopic (exact) mass is 1030 g/mol. The molecule has 8 N–H and O–H groups in total. The van der Waals surface area contributed by atoms with Crippen molar-refractivity contribution in [2.45, 2.75) is 223 Å². The molecular weight excluding hydrogens is 946 g/mol. The van der Waals surface area contributed by atoms with Crippen LogP contribution >= 0.6 is 15.6 Å². The number of aliphatic hydroxyl groups excluding tert-OH is 5. The van der Waals surface area contributed by atoms with Crippen molar-refractivity contribution in [2.75, 3.05) is 13.2 Å². The second-order valence-electron chi connectivity index (χ2n) is 17.7. The van der Waals surface area contributed by atoms with Crippen LogP contribution in [0.2, 0.25) is 0 Å². The van der Waals surface area contributed by atoms with Crippen molar-refractivity contribution in [3.8, 4) is 0 Å². The lowest BCUT2D eigenvalue weighted by Gasteiger charge is -2.43. The maximum Gasteiger partial charge on any atom is 0.472 e. The summed E-state index contributed by atoms with van der Waals surface area (Å²) >= 11 is 0. The number of rotatable bonds is 42. The number of carbonyl (C=O) groups is 2. The van der Waals surface area contributed by atoms with E-state index >= 15 is 0 Å². The quantitative estimate of drug-likeness (QED) is 0.00929. The van der Waals surface area contributed by atoms with Crippen molar-refractivity contribution in [1.82, 2.24) is 0 Å². The summed E-state index contributed by atoms with van der Waals surface area (Å²) in [6, 6.07) is 0. The minimum Gasteiger partial charge on any atom is -0.462 e. The van der Waals surface area contributed by atoms with Crippen molar-refractivity contribution in [1.29, 1.82) is 0 Å². The number of phosphoric acid groups is 2. The molecule has 0 aromatic rings. The Kier molecular flexibility index (Phi) is 38.2. The van der Waals surface area contributed by atoms with Crippen molar-refractivity contribution in [3.05, 3.63) is 72.9 Å². The summed E-state index contributed by atoms with van der Waals surface area (Å²) in [5.74, 6) is -1.33. The van der Waals surface area contributed by atoms with E-state index in [2.05, 4.69) is 30.5 Å². The summed E-state index contributed by atoms with van der Waals surface area (Å²) in [7, 11) is -10.7. The van der Waals surface area contributed by atoms with Gasteiger partial charge in [0.05, 0.1) is 12.7 Å². The van der Waals surface area contributed by atoms with Gasteiger partial charge in [0.25, 0.3) is 0 Å². The zero-order valence-corrected chi connectivity index (χ0v) is 43.6. The van der Waals surface area contributed by atoms with Crippen LogP contribution in [0.15, 0.2) is 72.9 Å². The van der Waals surface area contributed by atoms with Gasteiger partial charge in [-0.05, 0) is 44.9 Å². The molecule has 0 aliphatic heterocycles. The van der Waals surface area contributed by atoms with Crippen molar-refractivity contribution >= 4 is 27.6 Å². The summed E-state index contributed by atoms with van der Waals surface area (Å²) in [5, 5.41) is 51.3. The number of aliphatic hydroxyl groups is 5. The van der Waals surface area contributed by atoms with Crippen molar-refractivity contribution < 1.29 is 82.0 Å². The van der Waals surface area contributed by atoms with Gasteiger partial charge < -0.3 is 49.7 Å². The summed E-state index contributed by atoms with van der Waals surface area (Å²) < 4.78 is 49.4. The molecule has 0 bridgehead atoms. The third-order valence-electron chi connectivity index (χ3n) is 11.4. The normalized spacial score (nSPS) is 22.0. The molecule has 1 aliphatic carbocycles. The first kappa shape index (κ1) is 65.4. The van der Waals surface area contributed by atoms with Crippen molar-refractivity contribution in [2.24, 2.45) is 0 Å². The standard InChI is InChI=1S/C51H88O17P2/c1-3-5-7-9-11-12-13-14-15-16-17-18-19-24-27-31-35-39-45(54)66-43(41-65-70(62,63)68-51-48(57)46(55)47(56)50(49(51)58)67-69(59,60)61)40-64-44(53)38-34-30-26-23-21-20-22-25-29-33-37-42(52)36-32-28-10-8-6-4-2/h6,8,20-21,25-26,28-30,32-33,37,42-43,46-52,55-58H,3-5,7,9-19,22-24,27,31,34-36,38-41H2,1-2H3,(H,62,63)(H2,59,60,61)/b8-6-,21-20-,29-25-,30-26-,32-28-,37-33+/t42?,43-,46?,47?,48?,49?,50-,51+/m1/s1. The minimum atomic E-state index is -5.38. The number of hydrogen-bond donors (Lipinski definition) is 8. The highest BCUT2D eigenvalue weighted by atomic mass is 31.2. The van der Waals surface area contributed by atoms with Crippen LogP contribution in [0, 0.1) is 0 Å². The fourth-order valence-electron chi connectivity index (χ4n) is 7.43. The fourth-order valence-corrected chi connectivity index (χ4v) is 8.97. The molecule has 404 valence electrons. The van der Waals surface area contributed by atoms with Crippen LogP contribution in [0.1, 0.15) is 174 Å². The first-order valence-corrected chi connectivity index (χ1v) is 28.6. The fraction of sp³-hybridized carbons (Fsp3) is 0.725. The molecule has 0 radical (unpaired) electrons. The highest BCUT2D eigenvalue weighted by Crippen LogP contribution is 2.49. The van der Waals surface area contributed by atoms with Crippen LogP contribution in [0.4, 0.5) is 0 Å². The summed E-state index contributed by atoms with van der Waals surface area (Å²) in [6.45, 7) is 2.88. The first-order valence-electron chi connectivity index (χ1n) is 25.6. The molecule has 1 aliphatic rings.